The molecular weight excluding hydrogens is 308 g/mol. The first kappa shape index (κ1) is 18.8. The molecule has 1 aromatic rings. The average molecular weight is 338 g/mol. The number of hydrogen-bond donors (Lipinski definition) is 3. The highest BCUT2D eigenvalue weighted by atomic mass is 16.5. The summed E-state index contributed by atoms with van der Waals surface area (Å²) in [5, 5.41) is 16.8. The highest BCUT2D eigenvalue weighted by molar-refractivity contribution is 5.80. The van der Waals surface area contributed by atoms with Gasteiger partial charge in [-0.3, -0.25) is 4.99 Å². The number of ether oxygens (including phenoxy) is 1. The number of nitrogens with one attached hydrogen (secondary N) is 2. The maximum atomic E-state index is 10.1. The van der Waals surface area contributed by atoms with Crippen LogP contribution in [0.3, 0.4) is 0 Å². The Kier molecular flexibility index (Phi) is 8.07. The van der Waals surface area contributed by atoms with E-state index in [1.165, 1.54) is 0 Å². The average Bonchev–Trinajstić information content (AvgIpc) is 3.13. The van der Waals surface area contributed by atoms with Crippen molar-refractivity contribution in [3.05, 3.63) is 24.2 Å². The predicted octanol–water partition coefficient (Wildman–Crippen LogP) is 0.979. The molecule has 0 aliphatic carbocycles. The highest BCUT2D eigenvalue weighted by Gasteiger charge is 2.20. The second-order valence-corrected chi connectivity index (χ2v) is 6.00. The molecule has 2 rings (SSSR count). The van der Waals surface area contributed by atoms with Gasteiger partial charge < -0.3 is 29.8 Å². The molecule has 1 aromatic heterocycles. The Balaban J connectivity index is 1.79. The van der Waals surface area contributed by atoms with Crippen LogP contribution in [0.1, 0.15) is 31.6 Å². The number of rotatable bonds is 8. The van der Waals surface area contributed by atoms with E-state index in [0.717, 1.165) is 51.6 Å². The van der Waals surface area contributed by atoms with Gasteiger partial charge in [-0.15, -0.1) is 0 Å². The van der Waals surface area contributed by atoms with Crippen molar-refractivity contribution in [3.63, 3.8) is 0 Å². The van der Waals surface area contributed by atoms with E-state index in [-0.39, 0.29) is 6.54 Å². The summed E-state index contributed by atoms with van der Waals surface area (Å²) >= 11 is 0. The Morgan fingerprint density at radius 1 is 1.50 bits per heavy atom. The van der Waals surface area contributed by atoms with Crippen LogP contribution < -0.4 is 10.6 Å². The number of methoxy groups -OCH3 is 1. The fourth-order valence-electron chi connectivity index (χ4n) is 2.78. The summed E-state index contributed by atoms with van der Waals surface area (Å²) in [5.41, 5.74) is 0. The van der Waals surface area contributed by atoms with E-state index in [4.69, 9.17) is 9.15 Å². The van der Waals surface area contributed by atoms with Crippen molar-refractivity contribution in [2.75, 3.05) is 46.4 Å². The summed E-state index contributed by atoms with van der Waals surface area (Å²) in [6, 6.07) is 3.93. The molecule has 0 bridgehead atoms. The molecule has 1 atom stereocenters. The Bertz CT molecular complexity index is 470. The summed E-state index contributed by atoms with van der Waals surface area (Å²) in [7, 11) is 1.74. The minimum Gasteiger partial charge on any atom is -0.467 e. The molecule has 3 N–H and O–H groups in total. The van der Waals surface area contributed by atoms with Gasteiger partial charge in [0.05, 0.1) is 19.4 Å². The van der Waals surface area contributed by atoms with Crippen molar-refractivity contribution in [1.82, 2.24) is 15.5 Å². The molecule has 24 heavy (non-hydrogen) atoms. The lowest BCUT2D eigenvalue weighted by atomic mass is 10.1. The third kappa shape index (κ3) is 6.14. The standard InChI is InChI=1S/C17H30N4O3/c1-3-18-17(19-13-15(22)16-5-4-11-24-16)20-14-6-8-21(9-7-14)10-12-23-2/h4-5,11,14-15,22H,3,6-10,12-13H2,1-2H3,(H2,18,19,20). The molecule has 0 amide bonds. The quantitative estimate of drug-likeness (QED) is 0.484. The molecule has 1 fully saturated rings. The van der Waals surface area contributed by atoms with Crippen LogP contribution in [0.4, 0.5) is 0 Å². The van der Waals surface area contributed by atoms with Gasteiger partial charge in [-0.2, -0.15) is 0 Å². The van der Waals surface area contributed by atoms with Crippen molar-refractivity contribution in [1.29, 1.82) is 0 Å². The summed E-state index contributed by atoms with van der Waals surface area (Å²) < 4.78 is 10.3. The van der Waals surface area contributed by atoms with E-state index in [1.807, 2.05) is 6.92 Å². The molecule has 1 aliphatic heterocycles. The van der Waals surface area contributed by atoms with Gasteiger partial charge >= 0.3 is 0 Å². The third-order valence-corrected chi connectivity index (χ3v) is 4.18. The summed E-state index contributed by atoms with van der Waals surface area (Å²) in [6.07, 6.45) is 3.00. The number of likely N-dealkylation sites (tertiary alicyclic amines) is 1. The maximum Gasteiger partial charge on any atom is 0.191 e. The molecule has 0 radical (unpaired) electrons. The van der Waals surface area contributed by atoms with E-state index in [9.17, 15) is 5.11 Å². The molecule has 1 aliphatic rings. The lowest BCUT2D eigenvalue weighted by molar-refractivity contribution is 0.128. The molecule has 1 unspecified atom stereocenters. The van der Waals surface area contributed by atoms with E-state index in [1.54, 1.807) is 25.5 Å². The smallest absolute Gasteiger partial charge is 0.191 e. The van der Waals surface area contributed by atoms with Gasteiger partial charge in [0.2, 0.25) is 0 Å². The topological polar surface area (TPSA) is 82.3 Å². The fourth-order valence-corrected chi connectivity index (χ4v) is 2.78. The van der Waals surface area contributed by atoms with E-state index in [0.29, 0.717) is 11.8 Å². The summed E-state index contributed by atoms with van der Waals surface area (Å²) in [6.45, 7) is 7.00. The zero-order valence-corrected chi connectivity index (χ0v) is 14.7. The van der Waals surface area contributed by atoms with Crippen molar-refractivity contribution in [2.24, 2.45) is 4.99 Å². The Morgan fingerprint density at radius 3 is 2.92 bits per heavy atom. The molecule has 0 aromatic carbocycles. The summed E-state index contributed by atoms with van der Waals surface area (Å²) in [4.78, 5) is 6.91. The SMILES string of the molecule is CCNC(=NCC(O)c1ccco1)NC1CCN(CCOC)CC1. The van der Waals surface area contributed by atoms with Crippen LogP contribution in [0.2, 0.25) is 0 Å². The van der Waals surface area contributed by atoms with Gasteiger partial charge in [0.1, 0.15) is 11.9 Å². The first-order chi connectivity index (χ1) is 11.7. The lowest BCUT2D eigenvalue weighted by Crippen LogP contribution is -2.49. The van der Waals surface area contributed by atoms with Gasteiger partial charge in [0, 0.05) is 39.3 Å². The number of aliphatic hydroxyl groups is 1. The molecule has 0 spiro atoms. The first-order valence-corrected chi connectivity index (χ1v) is 8.70. The Morgan fingerprint density at radius 2 is 2.29 bits per heavy atom. The zero-order chi connectivity index (χ0) is 17.2. The van der Waals surface area contributed by atoms with Crippen LogP contribution in [0.5, 0.6) is 0 Å². The molecule has 7 heteroatoms. The van der Waals surface area contributed by atoms with E-state index in [2.05, 4.69) is 20.5 Å². The van der Waals surface area contributed by atoms with Crippen molar-refractivity contribution >= 4 is 5.96 Å². The largest absolute Gasteiger partial charge is 0.467 e. The number of furan rings is 1. The van der Waals surface area contributed by atoms with Gasteiger partial charge in [-0.05, 0) is 31.9 Å². The Labute approximate surface area is 144 Å². The monoisotopic (exact) mass is 338 g/mol. The first-order valence-electron chi connectivity index (χ1n) is 8.70. The molecule has 1 saturated heterocycles. The molecule has 2 heterocycles. The number of piperidine rings is 1. The van der Waals surface area contributed by atoms with E-state index >= 15 is 0 Å². The predicted molar refractivity (Wildman–Crippen MR) is 94.1 cm³/mol. The lowest BCUT2D eigenvalue weighted by Gasteiger charge is -2.32. The summed E-state index contributed by atoms with van der Waals surface area (Å²) in [5.74, 6) is 1.29. The van der Waals surface area contributed by atoms with Gasteiger partial charge in [0.25, 0.3) is 0 Å². The normalized spacial score (nSPS) is 18.5. The van der Waals surface area contributed by atoms with Crippen molar-refractivity contribution < 1.29 is 14.3 Å². The number of guanidine groups is 1. The van der Waals surface area contributed by atoms with Gasteiger partial charge in [0.15, 0.2) is 5.96 Å². The third-order valence-electron chi connectivity index (χ3n) is 4.18. The Hall–Kier alpha value is -1.57. The second-order valence-electron chi connectivity index (χ2n) is 6.00. The van der Waals surface area contributed by atoms with Crippen LogP contribution in [0.15, 0.2) is 27.8 Å². The molecule has 0 saturated carbocycles. The molecular formula is C17H30N4O3. The minimum absolute atomic E-state index is 0.273. The van der Waals surface area contributed by atoms with E-state index < -0.39 is 6.10 Å². The number of aliphatic imine (C=N–C) groups is 1. The molecule has 7 nitrogen and oxygen atoms in total. The van der Waals surface area contributed by atoms with Crippen LogP contribution >= 0.6 is 0 Å². The van der Waals surface area contributed by atoms with Crippen LogP contribution in [0.25, 0.3) is 0 Å². The van der Waals surface area contributed by atoms with Crippen LogP contribution in [0, 0.1) is 0 Å². The number of aliphatic hydroxyl groups excluding tert-OH is 1. The fraction of sp³-hybridized carbons (Fsp3) is 0.706. The van der Waals surface area contributed by atoms with Crippen LogP contribution in [-0.4, -0.2) is 68.4 Å². The maximum absolute atomic E-state index is 10.1. The zero-order valence-electron chi connectivity index (χ0n) is 14.7. The van der Waals surface area contributed by atoms with Gasteiger partial charge in [-0.1, -0.05) is 0 Å². The molecule has 136 valence electrons. The van der Waals surface area contributed by atoms with Gasteiger partial charge in [-0.25, -0.2) is 0 Å². The van der Waals surface area contributed by atoms with Crippen molar-refractivity contribution in [2.45, 2.75) is 31.9 Å². The number of nitrogens with zero attached hydrogens (tertiary/aromatic N) is 2. The van der Waals surface area contributed by atoms with Crippen molar-refractivity contribution in [3.8, 4) is 0 Å². The second kappa shape index (κ2) is 10.3. The minimum atomic E-state index is -0.716. The highest BCUT2D eigenvalue weighted by Crippen LogP contribution is 2.13. The van der Waals surface area contributed by atoms with Crippen LogP contribution in [-0.2, 0) is 4.74 Å². The number of hydrogen-bond acceptors (Lipinski definition) is 5.